The van der Waals surface area contributed by atoms with E-state index in [1.807, 2.05) is 0 Å². The quantitative estimate of drug-likeness (QED) is 0.790. The number of carbonyl (C=O) groups excluding carboxylic acids is 1. The first-order chi connectivity index (χ1) is 10.1. The molecular formula is C15H19N3O3. The van der Waals surface area contributed by atoms with Gasteiger partial charge in [0.15, 0.2) is 0 Å². The monoisotopic (exact) mass is 289 g/mol. The van der Waals surface area contributed by atoms with Crippen molar-refractivity contribution in [3.63, 3.8) is 0 Å². The van der Waals surface area contributed by atoms with E-state index in [0.29, 0.717) is 24.3 Å². The number of aromatic amines is 1. The molecule has 6 nitrogen and oxygen atoms in total. The first kappa shape index (κ1) is 13.9. The van der Waals surface area contributed by atoms with Crippen LogP contribution in [-0.2, 0) is 7.05 Å². The third kappa shape index (κ3) is 2.57. The fraction of sp³-hybridized carbons (Fsp3) is 0.533. The third-order valence-corrected chi connectivity index (χ3v) is 4.66. The second kappa shape index (κ2) is 5.35. The Morgan fingerprint density at radius 3 is 2.81 bits per heavy atom. The summed E-state index contributed by atoms with van der Waals surface area (Å²) >= 11 is 0. The number of fused-ring (bicyclic) bond motifs is 2. The van der Waals surface area contributed by atoms with E-state index in [4.69, 9.17) is 0 Å². The fourth-order valence-electron chi connectivity index (χ4n) is 3.33. The summed E-state index contributed by atoms with van der Waals surface area (Å²) in [7, 11) is 1.35. The second-order valence-electron chi connectivity index (χ2n) is 5.96. The number of H-pyrrole nitrogens is 1. The largest absolute Gasteiger partial charge is 0.352 e. The van der Waals surface area contributed by atoms with Gasteiger partial charge in [-0.25, -0.2) is 4.79 Å². The average molecular weight is 289 g/mol. The molecule has 3 aliphatic rings. The highest BCUT2D eigenvalue weighted by Gasteiger charge is 2.31. The lowest BCUT2D eigenvalue weighted by Crippen LogP contribution is -2.41. The number of rotatable bonds is 3. The molecule has 0 aliphatic heterocycles. The van der Waals surface area contributed by atoms with Crippen molar-refractivity contribution in [3.05, 3.63) is 44.8 Å². The van der Waals surface area contributed by atoms with Gasteiger partial charge in [-0.3, -0.25) is 14.2 Å². The molecule has 3 aliphatic carbocycles. The van der Waals surface area contributed by atoms with Crippen molar-refractivity contribution in [2.45, 2.75) is 19.3 Å². The Bertz CT molecular complexity index is 701. The van der Waals surface area contributed by atoms with Gasteiger partial charge in [-0.1, -0.05) is 12.2 Å². The van der Waals surface area contributed by atoms with E-state index in [1.165, 1.54) is 26.1 Å². The predicted molar refractivity (Wildman–Crippen MR) is 78.1 cm³/mol. The summed E-state index contributed by atoms with van der Waals surface area (Å²) in [6, 6.07) is 0. The highest BCUT2D eigenvalue weighted by atomic mass is 16.2. The Morgan fingerprint density at radius 2 is 2.19 bits per heavy atom. The highest BCUT2D eigenvalue weighted by Crippen LogP contribution is 2.39. The van der Waals surface area contributed by atoms with Crippen LogP contribution in [0.15, 0.2) is 27.9 Å². The van der Waals surface area contributed by atoms with Gasteiger partial charge in [-0.15, -0.1) is 0 Å². The summed E-state index contributed by atoms with van der Waals surface area (Å²) in [6.07, 6.45) is 9.25. The van der Waals surface area contributed by atoms with Gasteiger partial charge in [0.1, 0.15) is 5.56 Å². The van der Waals surface area contributed by atoms with Gasteiger partial charge in [0.25, 0.3) is 11.5 Å². The summed E-state index contributed by atoms with van der Waals surface area (Å²) in [5.74, 6) is 1.20. The zero-order valence-electron chi connectivity index (χ0n) is 12.0. The van der Waals surface area contributed by atoms with E-state index in [2.05, 4.69) is 22.5 Å². The Labute approximate surface area is 121 Å². The minimum Gasteiger partial charge on any atom is -0.352 e. The molecule has 1 heterocycles. The summed E-state index contributed by atoms with van der Waals surface area (Å²) in [4.78, 5) is 37.7. The molecule has 2 N–H and O–H groups in total. The number of carbonyl (C=O) groups is 1. The number of amides is 1. The van der Waals surface area contributed by atoms with Gasteiger partial charge in [0.05, 0.1) is 0 Å². The Morgan fingerprint density at radius 1 is 1.38 bits per heavy atom. The van der Waals surface area contributed by atoms with Gasteiger partial charge < -0.3 is 10.3 Å². The van der Waals surface area contributed by atoms with Crippen LogP contribution in [0, 0.1) is 17.8 Å². The lowest BCUT2D eigenvalue weighted by molar-refractivity contribution is 0.0930. The highest BCUT2D eigenvalue weighted by molar-refractivity contribution is 5.93. The number of allylic oxidation sites excluding steroid dienone is 2. The molecule has 1 aromatic heterocycles. The normalized spacial score (nSPS) is 26.8. The molecule has 0 radical (unpaired) electrons. The Kier molecular flexibility index (Phi) is 3.53. The zero-order chi connectivity index (χ0) is 15.0. The maximum absolute atomic E-state index is 12.1. The third-order valence-electron chi connectivity index (χ3n) is 4.66. The van der Waals surface area contributed by atoms with Crippen LogP contribution in [0.1, 0.15) is 29.6 Å². The van der Waals surface area contributed by atoms with Crippen LogP contribution < -0.4 is 16.6 Å². The molecule has 6 heteroatoms. The summed E-state index contributed by atoms with van der Waals surface area (Å²) in [5.41, 5.74) is -1.11. The molecular weight excluding hydrogens is 270 g/mol. The molecule has 1 aromatic rings. The van der Waals surface area contributed by atoms with Crippen LogP contribution in [0.2, 0.25) is 0 Å². The average Bonchev–Trinajstić information content (AvgIpc) is 2.51. The van der Waals surface area contributed by atoms with E-state index >= 15 is 0 Å². The summed E-state index contributed by atoms with van der Waals surface area (Å²) < 4.78 is 0.903. The van der Waals surface area contributed by atoms with Gasteiger partial charge in [0.2, 0.25) is 0 Å². The maximum Gasteiger partial charge on any atom is 0.328 e. The zero-order valence-corrected chi connectivity index (χ0v) is 12.0. The van der Waals surface area contributed by atoms with Crippen LogP contribution in [0.4, 0.5) is 0 Å². The minimum atomic E-state index is -0.568. The number of hydrogen-bond donors (Lipinski definition) is 2. The van der Waals surface area contributed by atoms with E-state index in [1.54, 1.807) is 0 Å². The Balaban J connectivity index is 1.68. The summed E-state index contributed by atoms with van der Waals surface area (Å²) in [6.45, 7) is 0.576. The predicted octanol–water partition coefficient (Wildman–Crippen LogP) is 0.406. The SMILES string of the molecule is Cn1c(=O)[nH]cc(C(=O)NCC2CC3C=CC2CC3)c1=O. The van der Waals surface area contributed by atoms with E-state index in [-0.39, 0.29) is 5.56 Å². The van der Waals surface area contributed by atoms with Crippen LogP contribution in [0.5, 0.6) is 0 Å². The van der Waals surface area contributed by atoms with Crippen molar-refractivity contribution >= 4 is 5.91 Å². The number of hydrogen-bond acceptors (Lipinski definition) is 3. The molecule has 4 rings (SSSR count). The number of nitrogens with zero attached hydrogens (tertiary/aromatic N) is 1. The van der Waals surface area contributed by atoms with Crippen molar-refractivity contribution in [1.29, 1.82) is 0 Å². The number of aromatic nitrogens is 2. The van der Waals surface area contributed by atoms with Crippen LogP contribution >= 0.6 is 0 Å². The van der Waals surface area contributed by atoms with E-state index in [9.17, 15) is 14.4 Å². The van der Waals surface area contributed by atoms with Crippen LogP contribution in [0.3, 0.4) is 0 Å². The molecule has 2 bridgehead atoms. The van der Waals surface area contributed by atoms with Crippen LogP contribution in [-0.4, -0.2) is 22.0 Å². The van der Waals surface area contributed by atoms with Crippen molar-refractivity contribution < 1.29 is 4.79 Å². The van der Waals surface area contributed by atoms with Crippen molar-refractivity contribution in [2.75, 3.05) is 6.54 Å². The lowest BCUT2D eigenvalue weighted by Gasteiger charge is -2.38. The van der Waals surface area contributed by atoms with Gasteiger partial charge in [-0.05, 0) is 37.0 Å². The minimum absolute atomic E-state index is 0.0198. The summed E-state index contributed by atoms with van der Waals surface area (Å²) in [5, 5.41) is 2.83. The molecule has 0 spiro atoms. The number of nitrogens with one attached hydrogen (secondary N) is 2. The molecule has 21 heavy (non-hydrogen) atoms. The molecule has 1 fully saturated rings. The molecule has 1 saturated carbocycles. The standard InChI is InChI=1S/C15H19N3O3/c1-18-14(20)12(8-17-15(18)21)13(19)16-7-11-6-9-2-4-10(11)5-3-9/h2,4,8-11H,3,5-7H2,1H3,(H,16,19)(H,17,21). The maximum atomic E-state index is 12.1. The van der Waals surface area contributed by atoms with Gasteiger partial charge in [-0.2, -0.15) is 0 Å². The topological polar surface area (TPSA) is 84.0 Å². The fourth-order valence-corrected chi connectivity index (χ4v) is 3.33. The first-order valence-electron chi connectivity index (χ1n) is 7.31. The lowest BCUT2D eigenvalue weighted by atomic mass is 9.69. The first-order valence-corrected chi connectivity index (χ1v) is 7.31. The van der Waals surface area contributed by atoms with Crippen molar-refractivity contribution in [2.24, 2.45) is 24.8 Å². The molecule has 3 unspecified atom stereocenters. The van der Waals surface area contributed by atoms with E-state index < -0.39 is 17.2 Å². The molecule has 112 valence electrons. The van der Waals surface area contributed by atoms with Crippen LogP contribution in [0.25, 0.3) is 0 Å². The van der Waals surface area contributed by atoms with Gasteiger partial charge in [0, 0.05) is 19.8 Å². The van der Waals surface area contributed by atoms with Gasteiger partial charge >= 0.3 is 5.69 Å². The molecule has 0 aromatic carbocycles. The van der Waals surface area contributed by atoms with Crippen molar-refractivity contribution in [3.8, 4) is 0 Å². The van der Waals surface area contributed by atoms with E-state index in [0.717, 1.165) is 11.0 Å². The molecule has 3 atom stereocenters. The second-order valence-corrected chi connectivity index (χ2v) is 5.96. The van der Waals surface area contributed by atoms with Crippen molar-refractivity contribution in [1.82, 2.24) is 14.9 Å². The Hall–Kier alpha value is -2.11. The molecule has 0 saturated heterocycles. The molecule has 1 amide bonds. The smallest absolute Gasteiger partial charge is 0.328 e.